The minimum atomic E-state index is 0.506. The number of aryl methyl sites for hydroxylation is 1. The van der Waals surface area contributed by atoms with Crippen LogP contribution in [0.1, 0.15) is 29.3 Å². The van der Waals surface area contributed by atoms with Crippen molar-refractivity contribution in [2.45, 2.75) is 31.3 Å². The van der Waals surface area contributed by atoms with Gasteiger partial charge in [0.1, 0.15) is 0 Å². The SMILES string of the molecule is Clc1cc2c(s1)CCCC2NC1COC1. The first-order chi connectivity index (χ1) is 7.33. The summed E-state index contributed by atoms with van der Waals surface area (Å²) in [4.78, 5) is 1.48. The molecule has 1 saturated heterocycles. The Labute approximate surface area is 98.6 Å². The van der Waals surface area contributed by atoms with Crippen LogP contribution in [0.5, 0.6) is 0 Å². The first-order valence-corrected chi connectivity index (χ1v) is 6.64. The molecule has 1 atom stereocenters. The van der Waals surface area contributed by atoms with Crippen LogP contribution < -0.4 is 5.32 Å². The minimum Gasteiger partial charge on any atom is -0.378 e. The number of thiophene rings is 1. The average Bonchev–Trinajstić information content (AvgIpc) is 2.52. The Morgan fingerprint density at radius 1 is 1.47 bits per heavy atom. The van der Waals surface area contributed by atoms with Gasteiger partial charge in [-0.2, -0.15) is 0 Å². The van der Waals surface area contributed by atoms with Gasteiger partial charge >= 0.3 is 0 Å². The van der Waals surface area contributed by atoms with Crippen LogP contribution in [-0.2, 0) is 11.2 Å². The third kappa shape index (κ3) is 1.94. The first-order valence-electron chi connectivity index (χ1n) is 5.45. The van der Waals surface area contributed by atoms with Crippen molar-refractivity contribution in [2.75, 3.05) is 13.2 Å². The van der Waals surface area contributed by atoms with E-state index in [0.717, 1.165) is 17.6 Å². The molecule has 2 aliphatic rings. The molecule has 1 N–H and O–H groups in total. The monoisotopic (exact) mass is 243 g/mol. The van der Waals surface area contributed by atoms with Gasteiger partial charge in [0.05, 0.1) is 23.6 Å². The number of rotatable bonds is 2. The maximum Gasteiger partial charge on any atom is 0.0934 e. The maximum atomic E-state index is 6.07. The molecule has 0 saturated carbocycles. The van der Waals surface area contributed by atoms with Crippen LogP contribution in [0.15, 0.2) is 6.07 Å². The van der Waals surface area contributed by atoms with E-state index < -0.39 is 0 Å². The van der Waals surface area contributed by atoms with Crippen molar-refractivity contribution >= 4 is 22.9 Å². The zero-order chi connectivity index (χ0) is 10.3. The van der Waals surface area contributed by atoms with E-state index in [1.165, 1.54) is 29.7 Å². The number of fused-ring (bicyclic) bond motifs is 1. The molecule has 0 bridgehead atoms. The standard InChI is InChI=1S/C11H14ClNOS/c12-11-4-8-9(13-7-5-14-6-7)2-1-3-10(8)15-11/h4,7,9,13H,1-3,5-6H2. The Hall–Kier alpha value is -0.0900. The predicted octanol–water partition coefficient (Wildman–Crippen LogP) is 2.77. The molecule has 3 rings (SSSR count). The molecule has 2 heterocycles. The Kier molecular flexibility index (Phi) is 2.73. The molecule has 82 valence electrons. The molecule has 15 heavy (non-hydrogen) atoms. The highest BCUT2D eigenvalue weighted by atomic mass is 35.5. The van der Waals surface area contributed by atoms with Crippen LogP contribution in [0.4, 0.5) is 0 Å². The van der Waals surface area contributed by atoms with E-state index in [4.69, 9.17) is 16.3 Å². The van der Waals surface area contributed by atoms with Gasteiger partial charge in [-0.25, -0.2) is 0 Å². The molecule has 0 radical (unpaired) electrons. The highest BCUT2D eigenvalue weighted by Crippen LogP contribution is 2.38. The zero-order valence-electron chi connectivity index (χ0n) is 8.46. The van der Waals surface area contributed by atoms with Crippen molar-refractivity contribution in [3.05, 3.63) is 20.8 Å². The summed E-state index contributed by atoms with van der Waals surface area (Å²) in [5.74, 6) is 0. The van der Waals surface area contributed by atoms with Crippen LogP contribution in [0.25, 0.3) is 0 Å². The molecule has 1 aromatic heterocycles. The summed E-state index contributed by atoms with van der Waals surface area (Å²) in [6.07, 6.45) is 3.71. The second-order valence-corrected chi connectivity index (χ2v) is 6.04. The van der Waals surface area contributed by atoms with E-state index >= 15 is 0 Å². The van der Waals surface area contributed by atoms with Gasteiger partial charge in [0.15, 0.2) is 0 Å². The summed E-state index contributed by atoms with van der Waals surface area (Å²) in [7, 11) is 0. The number of ether oxygens (including phenoxy) is 1. The van der Waals surface area contributed by atoms with Crippen molar-refractivity contribution in [3.63, 3.8) is 0 Å². The van der Waals surface area contributed by atoms with Crippen LogP contribution in [0.2, 0.25) is 4.34 Å². The highest BCUT2D eigenvalue weighted by molar-refractivity contribution is 7.16. The molecule has 1 fully saturated rings. The molecule has 1 unspecified atom stereocenters. The highest BCUT2D eigenvalue weighted by Gasteiger charge is 2.27. The fourth-order valence-electron chi connectivity index (χ4n) is 2.31. The Morgan fingerprint density at radius 2 is 2.33 bits per heavy atom. The molecule has 0 amide bonds. The Bertz CT molecular complexity index is 361. The number of halogens is 1. The maximum absolute atomic E-state index is 6.07. The largest absolute Gasteiger partial charge is 0.378 e. The average molecular weight is 244 g/mol. The van der Waals surface area contributed by atoms with Gasteiger partial charge in [0.2, 0.25) is 0 Å². The van der Waals surface area contributed by atoms with E-state index in [1.54, 1.807) is 11.3 Å². The summed E-state index contributed by atoms with van der Waals surface area (Å²) in [6, 6.07) is 3.20. The number of nitrogens with one attached hydrogen (secondary N) is 1. The Balaban J connectivity index is 1.78. The van der Waals surface area contributed by atoms with Gasteiger partial charge in [0.25, 0.3) is 0 Å². The van der Waals surface area contributed by atoms with Gasteiger partial charge < -0.3 is 10.1 Å². The lowest BCUT2D eigenvalue weighted by molar-refractivity contribution is -0.0109. The van der Waals surface area contributed by atoms with E-state index in [9.17, 15) is 0 Å². The van der Waals surface area contributed by atoms with Gasteiger partial charge in [-0.1, -0.05) is 11.6 Å². The van der Waals surface area contributed by atoms with Gasteiger partial charge in [-0.3, -0.25) is 0 Å². The molecular formula is C11H14ClNOS. The summed E-state index contributed by atoms with van der Waals surface area (Å²) in [5, 5.41) is 3.65. The van der Waals surface area contributed by atoms with Gasteiger partial charge in [0, 0.05) is 10.9 Å². The molecule has 0 spiro atoms. The fraction of sp³-hybridized carbons (Fsp3) is 0.636. The Morgan fingerprint density at radius 3 is 3.07 bits per heavy atom. The van der Waals surface area contributed by atoms with E-state index in [2.05, 4.69) is 11.4 Å². The normalized spacial score (nSPS) is 26.1. The molecule has 1 aliphatic heterocycles. The van der Waals surface area contributed by atoms with Crippen molar-refractivity contribution in [1.82, 2.24) is 5.32 Å². The number of hydrogen-bond acceptors (Lipinski definition) is 3. The summed E-state index contributed by atoms with van der Waals surface area (Å²) in [5.41, 5.74) is 1.43. The van der Waals surface area contributed by atoms with Crippen LogP contribution in [0, 0.1) is 0 Å². The number of hydrogen-bond donors (Lipinski definition) is 1. The fourth-order valence-corrected chi connectivity index (χ4v) is 3.69. The quantitative estimate of drug-likeness (QED) is 0.863. The summed E-state index contributed by atoms with van der Waals surface area (Å²) >= 11 is 7.81. The second kappa shape index (κ2) is 4.06. The lowest BCUT2D eigenvalue weighted by Gasteiger charge is -2.33. The second-order valence-electron chi connectivity index (χ2n) is 4.27. The van der Waals surface area contributed by atoms with E-state index in [1.807, 2.05) is 0 Å². The molecule has 1 aliphatic carbocycles. The molecule has 0 aromatic carbocycles. The molecular weight excluding hydrogens is 230 g/mol. The predicted molar refractivity (Wildman–Crippen MR) is 62.8 cm³/mol. The van der Waals surface area contributed by atoms with Crippen molar-refractivity contribution in [3.8, 4) is 0 Å². The first kappa shape index (κ1) is 10.1. The summed E-state index contributed by atoms with van der Waals surface area (Å²) in [6.45, 7) is 1.73. The minimum absolute atomic E-state index is 0.506. The molecule has 1 aromatic rings. The van der Waals surface area contributed by atoms with Crippen molar-refractivity contribution in [1.29, 1.82) is 0 Å². The third-order valence-electron chi connectivity index (χ3n) is 3.16. The smallest absolute Gasteiger partial charge is 0.0934 e. The third-order valence-corrected chi connectivity index (χ3v) is 4.50. The van der Waals surface area contributed by atoms with Crippen LogP contribution in [-0.4, -0.2) is 19.3 Å². The van der Waals surface area contributed by atoms with Gasteiger partial charge in [-0.05, 0) is 30.9 Å². The zero-order valence-corrected chi connectivity index (χ0v) is 10.0. The topological polar surface area (TPSA) is 21.3 Å². The molecule has 4 heteroatoms. The summed E-state index contributed by atoms with van der Waals surface area (Å²) < 4.78 is 6.11. The molecule has 2 nitrogen and oxygen atoms in total. The lowest BCUT2D eigenvalue weighted by Crippen LogP contribution is -2.47. The van der Waals surface area contributed by atoms with Gasteiger partial charge in [-0.15, -0.1) is 11.3 Å². The van der Waals surface area contributed by atoms with Crippen LogP contribution >= 0.6 is 22.9 Å². The van der Waals surface area contributed by atoms with E-state index in [0.29, 0.717) is 12.1 Å². The van der Waals surface area contributed by atoms with Crippen molar-refractivity contribution in [2.24, 2.45) is 0 Å². The lowest BCUT2D eigenvalue weighted by atomic mass is 9.93. The van der Waals surface area contributed by atoms with E-state index in [-0.39, 0.29) is 0 Å². The van der Waals surface area contributed by atoms with Crippen LogP contribution in [0.3, 0.4) is 0 Å². The van der Waals surface area contributed by atoms with Crippen molar-refractivity contribution < 1.29 is 4.74 Å².